The van der Waals surface area contributed by atoms with Gasteiger partial charge >= 0.3 is 5.97 Å². The van der Waals surface area contributed by atoms with Crippen LogP contribution in [0.4, 0.5) is 5.69 Å². The van der Waals surface area contributed by atoms with Crippen molar-refractivity contribution >= 4 is 21.7 Å². The second kappa shape index (κ2) is 7.05. The van der Waals surface area contributed by atoms with Crippen molar-refractivity contribution in [3.8, 4) is 0 Å². The SMILES string of the molecule is O=C(O)C1CCN(S(=O)(=O)CCc2ccccc2[N+](=O)[O-])CC1. The van der Waals surface area contributed by atoms with E-state index < -0.39 is 26.8 Å². The molecule has 1 fully saturated rings. The third-order valence-electron chi connectivity index (χ3n) is 4.01. The molecular weight excluding hydrogens is 324 g/mol. The van der Waals surface area contributed by atoms with Crippen LogP contribution in [0.15, 0.2) is 24.3 Å². The van der Waals surface area contributed by atoms with E-state index in [1.807, 2.05) is 0 Å². The van der Waals surface area contributed by atoms with E-state index in [1.165, 1.54) is 16.4 Å². The predicted molar refractivity (Wildman–Crippen MR) is 82.5 cm³/mol. The van der Waals surface area contributed by atoms with Crippen LogP contribution >= 0.6 is 0 Å². The maximum atomic E-state index is 12.3. The fourth-order valence-corrected chi connectivity index (χ4v) is 4.15. The van der Waals surface area contributed by atoms with Crippen molar-refractivity contribution in [3.05, 3.63) is 39.9 Å². The maximum absolute atomic E-state index is 12.3. The Balaban J connectivity index is 2.00. The van der Waals surface area contributed by atoms with Crippen molar-refractivity contribution < 1.29 is 23.2 Å². The summed E-state index contributed by atoms with van der Waals surface area (Å²) in [6.45, 7) is 0.354. The summed E-state index contributed by atoms with van der Waals surface area (Å²) in [6, 6.07) is 6.06. The number of sulfonamides is 1. The summed E-state index contributed by atoms with van der Waals surface area (Å²) in [6.07, 6.45) is 0.637. The van der Waals surface area contributed by atoms with Gasteiger partial charge in [-0.05, 0) is 19.3 Å². The molecule has 0 amide bonds. The quantitative estimate of drug-likeness (QED) is 0.614. The summed E-state index contributed by atoms with van der Waals surface area (Å²) in [4.78, 5) is 21.3. The van der Waals surface area contributed by atoms with Gasteiger partial charge in [0.25, 0.3) is 5.69 Å². The second-order valence-corrected chi connectivity index (χ2v) is 7.55. The topological polar surface area (TPSA) is 118 Å². The summed E-state index contributed by atoms with van der Waals surface area (Å²) in [7, 11) is -3.56. The van der Waals surface area contributed by atoms with Crippen LogP contribution in [0, 0.1) is 16.0 Å². The number of hydrogen-bond acceptors (Lipinski definition) is 5. The first kappa shape index (κ1) is 17.4. The standard InChI is InChI=1S/C14H18N2O6S/c17-14(18)12-5-8-15(9-6-12)23(21,22)10-7-11-3-1-2-4-13(11)16(19)20/h1-4,12H,5-10H2,(H,17,18). The number of nitro groups is 1. The van der Waals surface area contributed by atoms with Crippen LogP contribution in [-0.2, 0) is 21.2 Å². The molecular formula is C14H18N2O6S. The normalized spacial score (nSPS) is 17.0. The summed E-state index contributed by atoms with van der Waals surface area (Å²) in [5.74, 6) is -1.63. The average molecular weight is 342 g/mol. The van der Waals surface area contributed by atoms with Gasteiger partial charge in [0.15, 0.2) is 0 Å². The molecule has 23 heavy (non-hydrogen) atoms. The van der Waals surface area contributed by atoms with Gasteiger partial charge in [-0.1, -0.05) is 18.2 Å². The Morgan fingerprint density at radius 2 is 1.91 bits per heavy atom. The van der Waals surface area contributed by atoms with Crippen LogP contribution in [0.25, 0.3) is 0 Å². The van der Waals surface area contributed by atoms with Crippen molar-refractivity contribution in [1.82, 2.24) is 4.31 Å². The molecule has 1 N–H and O–H groups in total. The summed E-state index contributed by atoms with van der Waals surface area (Å²) >= 11 is 0. The van der Waals surface area contributed by atoms with Crippen LogP contribution < -0.4 is 0 Å². The van der Waals surface area contributed by atoms with Crippen molar-refractivity contribution in [3.63, 3.8) is 0 Å². The highest BCUT2D eigenvalue weighted by atomic mass is 32.2. The highest BCUT2D eigenvalue weighted by molar-refractivity contribution is 7.89. The average Bonchev–Trinajstić information content (AvgIpc) is 2.53. The molecule has 1 aromatic carbocycles. The number of nitro benzene ring substituents is 1. The fourth-order valence-electron chi connectivity index (χ4n) is 2.65. The van der Waals surface area contributed by atoms with Gasteiger partial charge in [0.1, 0.15) is 0 Å². The maximum Gasteiger partial charge on any atom is 0.306 e. The Morgan fingerprint density at radius 1 is 1.30 bits per heavy atom. The smallest absolute Gasteiger partial charge is 0.306 e. The third kappa shape index (κ3) is 4.26. The zero-order valence-electron chi connectivity index (χ0n) is 12.4. The number of aliphatic carboxylic acids is 1. The number of aryl methyl sites for hydroxylation is 1. The molecule has 8 nitrogen and oxygen atoms in total. The zero-order valence-corrected chi connectivity index (χ0v) is 13.2. The van der Waals surface area contributed by atoms with Gasteiger partial charge in [0, 0.05) is 24.7 Å². The van der Waals surface area contributed by atoms with E-state index in [9.17, 15) is 23.3 Å². The van der Waals surface area contributed by atoms with Crippen molar-refractivity contribution in [2.75, 3.05) is 18.8 Å². The van der Waals surface area contributed by atoms with Crippen molar-refractivity contribution in [1.29, 1.82) is 0 Å². The van der Waals surface area contributed by atoms with Gasteiger partial charge in [0.2, 0.25) is 10.0 Å². The minimum Gasteiger partial charge on any atom is -0.481 e. The first-order valence-electron chi connectivity index (χ1n) is 7.24. The number of piperidine rings is 1. The minimum absolute atomic E-state index is 0.0539. The Morgan fingerprint density at radius 3 is 2.48 bits per heavy atom. The third-order valence-corrected chi connectivity index (χ3v) is 5.89. The van der Waals surface area contributed by atoms with Crippen molar-refractivity contribution in [2.45, 2.75) is 19.3 Å². The number of rotatable bonds is 6. The predicted octanol–water partition coefficient (Wildman–Crippen LogP) is 1.26. The number of para-hydroxylation sites is 1. The van der Waals surface area contributed by atoms with Gasteiger partial charge in [-0.2, -0.15) is 0 Å². The Hall–Kier alpha value is -2.00. The number of carbonyl (C=O) groups is 1. The van der Waals surface area contributed by atoms with Gasteiger partial charge in [0.05, 0.1) is 16.6 Å². The monoisotopic (exact) mass is 342 g/mol. The van der Waals surface area contributed by atoms with Gasteiger partial charge in [-0.15, -0.1) is 0 Å². The molecule has 1 heterocycles. The van der Waals surface area contributed by atoms with E-state index >= 15 is 0 Å². The Bertz CT molecular complexity index is 695. The lowest BCUT2D eigenvalue weighted by atomic mass is 9.99. The number of nitrogens with zero attached hydrogens (tertiary/aromatic N) is 2. The van der Waals surface area contributed by atoms with E-state index in [4.69, 9.17) is 5.11 Å². The van der Waals surface area contributed by atoms with Crippen LogP contribution in [-0.4, -0.2) is 47.6 Å². The lowest BCUT2D eigenvalue weighted by Gasteiger charge is -2.29. The highest BCUT2D eigenvalue weighted by Crippen LogP contribution is 2.22. The van der Waals surface area contributed by atoms with E-state index in [2.05, 4.69) is 0 Å². The van der Waals surface area contributed by atoms with Crippen LogP contribution in [0.2, 0.25) is 0 Å². The molecule has 0 spiro atoms. The molecule has 0 atom stereocenters. The fraction of sp³-hybridized carbons (Fsp3) is 0.500. The van der Waals surface area contributed by atoms with Gasteiger partial charge in [-0.3, -0.25) is 14.9 Å². The molecule has 0 bridgehead atoms. The zero-order chi connectivity index (χ0) is 17.0. The highest BCUT2D eigenvalue weighted by Gasteiger charge is 2.31. The first-order valence-corrected chi connectivity index (χ1v) is 8.85. The molecule has 1 aromatic rings. The summed E-state index contributed by atoms with van der Waals surface area (Å²) in [5, 5.41) is 19.9. The summed E-state index contributed by atoms with van der Waals surface area (Å²) in [5.41, 5.74) is 0.286. The molecule has 2 rings (SSSR count). The summed E-state index contributed by atoms with van der Waals surface area (Å²) < 4.78 is 25.9. The van der Waals surface area contributed by atoms with Crippen molar-refractivity contribution in [2.24, 2.45) is 5.92 Å². The van der Waals surface area contributed by atoms with E-state index in [1.54, 1.807) is 12.1 Å². The van der Waals surface area contributed by atoms with Gasteiger partial charge < -0.3 is 5.11 Å². The molecule has 0 radical (unpaired) electrons. The number of carboxylic acid groups (broad SMARTS) is 1. The molecule has 126 valence electrons. The lowest BCUT2D eigenvalue weighted by Crippen LogP contribution is -2.41. The van der Waals surface area contributed by atoms with E-state index in [0.717, 1.165) is 0 Å². The van der Waals surface area contributed by atoms with Crippen LogP contribution in [0.3, 0.4) is 0 Å². The molecule has 1 aliphatic heterocycles. The lowest BCUT2D eigenvalue weighted by molar-refractivity contribution is -0.385. The number of benzene rings is 1. The molecule has 1 saturated heterocycles. The number of hydrogen-bond donors (Lipinski definition) is 1. The number of carboxylic acids is 1. The van der Waals surface area contributed by atoms with Crippen LogP contribution in [0.1, 0.15) is 18.4 Å². The van der Waals surface area contributed by atoms with Gasteiger partial charge in [-0.25, -0.2) is 12.7 Å². The largest absolute Gasteiger partial charge is 0.481 e. The molecule has 0 unspecified atom stereocenters. The van der Waals surface area contributed by atoms with E-state index in [-0.39, 0.29) is 31.0 Å². The molecule has 0 saturated carbocycles. The molecule has 9 heteroatoms. The molecule has 1 aliphatic rings. The Labute approximate surface area is 133 Å². The molecule has 0 aliphatic carbocycles. The minimum atomic E-state index is -3.56. The van der Waals surface area contributed by atoms with E-state index in [0.29, 0.717) is 18.4 Å². The first-order chi connectivity index (χ1) is 10.8. The Kier molecular flexibility index (Phi) is 5.32. The second-order valence-electron chi connectivity index (χ2n) is 5.46. The van der Waals surface area contributed by atoms with Crippen LogP contribution in [0.5, 0.6) is 0 Å². The molecule has 0 aromatic heterocycles.